The van der Waals surface area contributed by atoms with Gasteiger partial charge in [-0.15, -0.1) is 0 Å². The number of carbonyl (C=O) groups is 2. The summed E-state index contributed by atoms with van der Waals surface area (Å²) in [6.45, 7) is 0.595. The standard InChI is InChI=1S/C13H22N2O2/c16-12-7-6-11(15-12)9-14-13(17)8-10-4-2-1-3-5-10/h10-11H,1-9H2,(H,14,17)(H,15,16). The summed E-state index contributed by atoms with van der Waals surface area (Å²) in [4.78, 5) is 22.7. The molecule has 1 heterocycles. The Bertz CT molecular complexity index is 285. The average molecular weight is 238 g/mol. The molecule has 0 aromatic rings. The van der Waals surface area contributed by atoms with Crippen molar-refractivity contribution in [1.82, 2.24) is 10.6 Å². The SMILES string of the molecule is O=C(CC1CCCCC1)NCC1CCC(=O)N1. The highest BCUT2D eigenvalue weighted by Gasteiger charge is 2.22. The molecule has 1 atom stereocenters. The van der Waals surface area contributed by atoms with E-state index in [1.54, 1.807) is 0 Å². The van der Waals surface area contributed by atoms with Gasteiger partial charge in [0.05, 0.1) is 0 Å². The molecule has 2 N–H and O–H groups in total. The van der Waals surface area contributed by atoms with Gasteiger partial charge in [0.25, 0.3) is 0 Å². The van der Waals surface area contributed by atoms with Crippen molar-refractivity contribution in [3.05, 3.63) is 0 Å². The molecule has 0 aromatic heterocycles. The average Bonchev–Trinajstić information content (AvgIpc) is 2.74. The van der Waals surface area contributed by atoms with Crippen LogP contribution in [-0.4, -0.2) is 24.4 Å². The topological polar surface area (TPSA) is 58.2 Å². The first-order valence-electron chi connectivity index (χ1n) is 6.80. The molecule has 1 saturated heterocycles. The fraction of sp³-hybridized carbons (Fsp3) is 0.846. The van der Waals surface area contributed by atoms with Crippen molar-refractivity contribution in [3.8, 4) is 0 Å². The Balaban J connectivity index is 1.61. The Kier molecular flexibility index (Phi) is 4.40. The summed E-state index contributed by atoms with van der Waals surface area (Å²) in [5.41, 5.74) is 0. The maximum atomic E-state index is 11.7. The number of nitrogens with one attached hydrogen (secondary N) is 2. The van der Waals surface area contributed by atoms with Crippen molar-refractivity contribution in [2.45, 2.75) is 57.4 Å². The molecule has 2 rings (SSSR count). The Morgan fingerprint density at radius 3 is 2.65 bits per heavy atom. The third kappa shape index (κ3) is 4.02. The molecular weight excluding hydrogens is 216 g/mol. The van der Waals surface area contributed by atoms with Gasteiger partial charge in [0.15, 0.2) is 0 Å². The minimum absolute atomic E-state index is 0.108. The van der Waals surface area contributed by atoms with Gasteiger partial charge in [-0.2, -0.15) is 0 Å². The van der Waals surface area contributed by atoms with Crippen LogP contribution in [0.15, 0.2) is 0 Å². The third-order valence-corrected chi connectivity index (χ3v) is 3.83. The number of hydrogen-bond donors (Lipinski definition) is 2. The minimum atomic E-state index is 0.108. The predicted octanol–water partition coefficient (Wildman–Crippen LogP) is 1.35. The van der Waals surface area contributed by atoms with Crippen molar-refractivity contribution >= 4 is 11.8 Å². The van der Waals surface area contributed by atoms with Gasteiger partial charge in [-0.05, 0) is 25.2 Å². The van der Waals surface area contributed by atoms with E-state index in [1.165, 1.54) is 32.1 Å². The van der Waals surface area contributed by atoms with E-state index < -0.39 is 0 Å². The normalized spacial score (nSPS) is 25.6. The molecule has 4 nitrogen and oxygen atoms in total. The molecule has 2 amide bonds. The highest BCUT2D eigenvalue weighted by Crippen LogP contribution is 2.26. The number of rotatable bonds is 4. The molecule has 1 aliphatic carbocycles. The first-order chi connectivity index (χ1) is 8.24. The Morgan fingerprint density at radius 2 is 2.00 bits per heavy atom. The number of carbonyl (C=O) groups excluding carboxylic acids is 2. The third-order valence-electron chi connectivity index (χ3n) is 3.83. The van der Waals surface area contributed by atoms with Gasteiger partial charge in [-0.25, -0.2) is 0 Å². The maximum Gasteiger partial charge on any atom is 0.220 e. The van der Waals surface area contributed by atoms with Crippen LogP contribution in [0.25, 0.3) is 0 Å². The lowest BCUT2D eigenvalue weighted by atomic mass is 9.87. The van der Waals surface area contributed by atoms with E-state index >= 15 is 0 Å². The van der Waals surface area contributed by atoms with Crippen LogP contribution in [0.2, 0.25) is 0 Å². The lowest BCUT2D eigenvalue weighted by Crippen LogP contribution is -2.39. The summed E-state index contributed by atoms with van der Waals surface area (Å²) >= 11 is 0. The second-order valence-corrected chi connectivity index (χ2v) is 5.32. The van der Waals surface area contributed by atoms with Crippen LogP contribution in [0.1, 0.15) is 51.4 Å². The summed E-state index contributed by atoms with van der Waals surface area (Å²) < 4.78 is 0. The first-order valence-corrected chi connectivity index (χ1v) is 6.80. The second kappa shape index (κ2) is 6.03. The van der Waals surface area contributed by atoms with Crippen LogP contribution >= 0.6 is 0 Å². The highest BCUT2D eigenvalue weighted by molar-refractivity contribution is 5.79. The van der Waals surface area contributed by atoms with Gasteiger partial charge in [0, 0.05) is 25.4 Å². The van der Waals surface area contributed by atoms with Gasteiger partial charge in [-0.3, -0.25) is 9.59 Å². The molecule has 2 fully saturated rings. The molecule has 0 bridgehead atoms. The van der Waals surface area contributed by atoms with E-state index in [0.717, 1.165) is 6.42 Å². The summed E-state index contributed by atoms with van der Waals surface area (Å²) in [7, 11) is 0. The van der Waals surface area contributed by atoms with Crippen molar-refractivity contribution in [3.63, 3.8) is 0 Å². The van der Waals surface area contributed by atoms with Gasteiger partial charge in [0.1, 0.15) is 0 Å². The molecule has 0 aromatic carbocycles. The molecule has 4 heteroatoms. The monoisotopic (exact) mass is 238 g/mol. The molecule has 17 heavy (non-hydrogen) atoms. The first kappa shape index (κ1) is 12.4. The summed E-state index contributed by atoms with van der Waals surface area (Å²) in [5, 5.41) is 5.80. The summed E-state index contributed by atoms with van der Waals surface area (Å²) in [6.07, 6.45) is 8.40. The van der Waals surface area contributed by atoms with Gasteiger partial charge >= 0.3 is 0 Å². The lowest BCUT2D eigenvalue weighted by Gasteiger charge is -2.21. The van der Waals surface area contributed by atoms with E-state index in [1.807, 2.05) is 0 Å². The van der Waals surface area contributed by atoms with Crippen LogP contribution in [0.5, 0.6) is 0 Å². The number of amides is 2. The molecule has 96 valence electrons. The van der Waals surface area contributed by atoms with E-state index in [0.29, 0.717) is 25.3 Å². The molecule has 2 aliphatic rings. The predicted molar refractivity (Wildman–Crippen MR) is 65.4 cm³/mol. The van der Waals surface area contributed by atoms with Crippen molar-refractivity contribution in [2.75, 3.05) is 6.54 Å². The zero-order valence-corrected chi connectivity index (χ0v) is 10.3. The molecule has 0 radical (unpaired) electrons. The zero-order valence-electron chi connectivity index (χ0n) is 10.3. The second-order valence-electron chi connectivity index (χ2n) is 5.32. The van der Waals surface area contributed by atoms with Gasteiger partial charge in [-0.1, -0.05) is 19.3 Å². The van der Waals surface area contributed by atoms with Crippen LogP contribution in [0.4, 0.5) is 0 Å². The van der Waals surface area contributed by atoms with E-state index in [9.17, 15) is 9.59 Å². The summed E-state index contributed by atoms with van der Waals surface area (Å²) in [5.74, 6) is 0.844. The molecule has 0 spiro atoms. The molecule has 1 saturated carbocycles. The van der Waals surface area contributed by atoms with Crippen molar-refractivity contribution < 1.29 is 9.59 Å². The van der Waals surface area contributed by atoms with E-state index in [4.69, 9.17) is 0 Å². The largest absolute Gasteiger partial charge is 0.354 e. The maximum absolute atomic E-state index is 11.7. The van der Waals surface area contributed by atoms with Crippen LogP contribution in [0, 0.1) is 5.92 Å². The fourth-order valence-electron chi connectivity index (χ4n) is 2.79. The van der Waals surface area contributed by atoms with Crippen LogP contribution in [0.3, 0.4) is 0 Å². The fourth-order valence-corrected chi connectivity index (χ4v) is 2.79. The van der Waals surface area contributed by atoms with Gasteiger partial charge in [0.2, 0.25) is 11.8 Å². The van der Waals surface area contributed by atoms with Crippen molar-refractivity contribution in [1.29, 1.82) is 0 Å². The van der Waals surface area contributed by atoms with Crippen LogP contribution < -0.4 is 10.6 Å². The lowest BCUT2D eigenvalue weighted by molar-refractivity contribution is -0.123. The minimum Gasteiger partial charge on any atom is -0.354 e. The Labute approximate surface area is 103 Å². The highest BCUT2D eigenvalue weighted by atomic mass is 16.2. The summed E-state index contributed by atoms with van der Waals surface area (Å²) in [6, 6.07) is 0.151. The Hall–Kier alpha value is -1.06. The Morgan fingerprint density at radius 1 is 1.24 bits per heavy atom. The van der Waals surface area contributed by atoms with E-state index in [-0.39, 0.29) is 17.9 Å². The van der Waals surface area contributed by atoms with Crippen molar-refractivity contribution in [2.24, 2.45) is 5.92 Å². The molecular formula is C13H22N2O2. The zero-order chi connectivity index (χ0) is 12.1. The van der Waals surface area contributed by atoms with Gasteiger partial charge < -0.3 is 10.6 Å². The van der Waals surface area contributed by atoms with Crippen LogP contribution in [-0.2, 0) is 9.59 Å². The quantitative estimate of drug-likeness (QED) is 0.776. The smallest absolute Gasteiger partial charge is 0.220 e. The van der Waals surface area contributed by atoms with E-state index in [2.05, 4.69) is 10.6 Å². The molecule has 1 unspecified atom stereocenters. The number of hydrogen-bond acceptors (Lipinski definition) is 2. The molecule has 1 aliphatic heterocycles.